The van der Waals surface area contributed by atoms with Crippen LogP contribution in [0.15, 0.2) is 34.8 Å². The smallest absolute Gasteiger partial charge is 0.258 e. The van der Waals surface area contributed by atoms with Gasteiger partial charge < -0.3 is 11.1 Å². The largest absolute Gasteiger partial charge is 0.398 e. The van der Waals surface area contributed by atoms with Crippen LogP contribution in [0, 0.1) is 12.7 Å². The molecular formula is C14H11BrClFN2O. The molecule has 2 aromatic rings. The van der Waals surface area contributed by atoms with Crippen LogP contribution in [-0.2, 0) is 0 Å². The lowest BCUT2D eigenvalue weighted by Gasteiger charge is -2.10. The summed E-state index contributed by atoms with van der Waals surface area (Å²) in [7, 11) is 0. The summed E-state index contributed by atoms with van der Waals surface area (Å²) < 4.78 is 14.3. The van der Waals surface area contributed by atoms with E-state index in [-0.39, 0.29) is 10.6 Å². The highest BCUT2D eigenvalue weighted by molar-refractivity contribution is 9.10. The van der Waals surface area contributed by atoms with Gasteiger partial charge in [0.2, 0.25) is 0 Å². The molecule has 20 heavy (non-hydrogen) atoms. The Hall–Kier alpha value is -1.59. The third kappa shape index (κ3) is 3.11. The van der Waals surface area contributed by atoms with Crippen molar-refractivity contribution in [2.75, 3.05) is 11.1 Å². The number of benzene rings is 2. The van der Waals surface area contributed by atoms with E-state index in [1.54, 1.807) is 12.1 Å². The maximum Gasteiger partial charge on any atom is 0.258 e. The molecule has 0 aliphatic rings. The number of rotatable bonds is 2. The number of halogens is 3. The molecule has 0 bridgehead atoms. The van der Waals surface area contributed by atoms with Crippen LogP contribution in [0.3, 0.4) is 0 Å². The van der Waals surface area contributed by atoms with Gasteiger partial charge in [0.1, 0.15) is 5.82 Å². The Labute approximate surface area is 129 Å². The molecule has 0 aromatic heterocycles. The molecule has 3 nitrogen and oxygen atoms in total. The Morgan fingerprint density at radius 2 is 2.05 bits per heavy atom. The van der Waals surface area contributed by atoms with E-state index in [0.717, 1.165) is 11.6 Å². The highest BCUT2D eigenvalue weighted by Gasteiger charge is 2.14. The lowest BCUT2D eigenvalue weighted by atomic mass is 10.1. The zero-order valence-electron chi connectivity index (χ0n) is 10.5. The van der Waals surface area contributed by atoms with Crippen molar-refractivity contribution in [3.8, 4) is 0 Å². The minimum atomic E-state index is -0.675. The molecule has 0 saturated carbocycles. The summed E-state index contributed by atoms with van der Waals surface area (Å²) in [5.74, 6) is -1.24. The van der Waals surface area contributed by atoms with Gasteiger partial charge in [-0.1, -0.05) is 11.6 Å². The van der Waals surface area contributed by atoms with E-state index in [4.69, 9.17) is 17.3 Å². The number of nitrogens with two attached hydrogens (primary N) is 1. The maximum absolute atomic E-state index is 13.7. The van der Waals surface area contributed by atoms with Crippen molar-refractivity contribution in [3.05, 3.63) is 56.8 Å². The highest BCUT2D eigenvalue weighted by Crippen LogP contribution is 2.28. The number of hydrogen-bond acceptors (Lipinski definition) is 2. The predicted molar refractivity (Wildman–Crippen MR) is 82.7 cm³/mol. The van der Waals surface area contributed by atoms with Crippen molar-refractivity contribution in [1.82, 2.24) is 0 Å². The fourth-order valence-electron chi connectivity index (χ4n) is 1.65. The number of carbonyl (C=O) groups excluding carboxylic acids is 1. The van der Waals surface area contributed by atoms with Crippen LogP contribution in [0.4, 0.5) is 15.8 Å². The van der Waals surface area contributed by atoms with E-state index in [1.165, 1.54) is 12.1 Å². The van der Waals surface area contributed by atoms with Crippen LogP contribution >= 0.6 is 27.5 Å². The Bertz CT molecular complexity index is 691. The molecule has 0 saturated heterocycles. The molecule has 0 fully saturated rings. The third-order valence-corrected chi connectivity index (χ3v) is 3.67. The molecule has 0 aliphatic heterocycles. The number of carbonyl (C=O) groups is 1. The standard InChI is InChI=1S/C14H11BrClFN2O/c1-7-4-10(15)13(6-12(7)18)19-14(20)9-3-2-8(16)5-11(9)17/h2-6H,18H2,1H3,(H,19,20). The Kier molecular flexibility index (Phi) is 4.30. The van der Waals surface area contributed by atoms with Gasteiger partial charge in [0.25, 0.3) is 5.91 Å². The summed E-state index contributed by atoms with van der Waals surface area (Å²) in [4.78, 5) is 12.0. The molecule has 2 aromatic carbocycles. The third-order valence-electron chi connectivity index (χ3n) is 2.78. The highest BCUT2D eigenvalue weighted by atomic mass is 79.9. The van der Waals surface area contributed by atoms with Crippen LogP contribution in [0.5, 0.6) is 0 Å². The first kappa shape index (κ1) is 14.8. The number of aryl methyl sites for hydroxylation is 1. The molecule has 0 unspecified atom stereocenters. The second-order valence-electron chi connectivity index (χ2n) is 4.27. The van der Waals surface area contributed by atoms with Gasteiger partial charge in [0.05, 0.1) is 11.3 Å². The van der Waals surface area contributed by atoms with Crippen LogP contribution in [0.25, 0.3) is 0 Å². The van der Waals surface area contributed by atoms with Crippen LogP contribution in [0.2, 0.25) is 5.02 Å². The SMILES string of the molecule is Cc1cc(Br)c(NC(=O)c2ccc(Cl)cc2F)cc1N. The second-order valence-corrected chi connectivity index (χ2v) is 5.56. The molecule has 2 rings (SSSR count). The average Bonchev–Trinajstić information content (AvgIpc) is 2.35. The minimum Gasteiger partial charge on any atom is -0.398 e. The number of hydrogen-bond donors (Lipinski definition) is 2. The molecule has 6 heteroatoms. The van der Waals surface area contributed by atoms with Crippen LogP contribution in [-0.4, -0.2) is 5.91 Å². The van der Waals surface area contributed by atoms with E-state index in [9.17, 15) is 9.18 Å². The van der Waals surface area contributed by atoms with Crippen molar-refractivity contribution in [2.45, 2.75) is 6.92 Å². The molecule has 1 amide bonds. The van der Waals surface area contributed by atoms with Gasteiger partial charge >= 0.3 is 0 Å². The Morgan fingerprint density at radius 3 is 2.70 bits per heavy atom. The normalized spacial score (nSPS) is 10.4. The Balaban J connectivity index is 2.30. The predicted octanol–water partition coefficient (Wildman–Crippen LogP) is 4.38. The molecule has 104 valence electrons. The zero-order valence-corrected chi connectivity index (χ0v) is 12.8. The maximum atomic E-state index is 13.7. The van der Waals surface area contributed by atoms with Gasteiger partial charge in [-0.3, -0.25) is 4.79 Å². The fraction of sp³-hybridized carbons (Fsp3) is 0.0714. The lowest BCUT2D eigenvalue weighted by molar-refractivity contribution is 0.102. The number of nitrogen functional groups attached to an aromatic ring is 1. The van der Waals surface area contributed by atoms with Gasteiger partial charge in [0.15, 0.2) is 0 Å². The van der Waals surface area contributed by atoms with Crippen molar-refractivity contribution in [3.63, 3.8) is 0 Å². The van der Waals surface area contributed by atoms with Crippen molar-refractivity contribution in [2.24, 2.45) is 0 Å². The summed E-state index contributed by atoms with van der Waals surface area (Å²) in [6, 6.07) is 7.28. The zero-order chi connectivity index (χ0) is 14.9. The average molecular weight is 358 g/mol. The molecule has 0 radical (unpaired) electrons. The summed E-state index contributed by atoms with van der Waals surface area (Å²) in [6.45, 7) is 1.85. The molecule has 0 heterocycles. The number of nitrogens with one attached hydrogen (secondary N) is 1. The van der Waals surface area contributed by atoms with E-state index >= 15 is 0 Å². The van der Waals surface area contributed by atoms with Gasteiger partial charge in [0, 0.05) is 15.2 Å². The Morgan fingerprint density at radius 1 is 1.35 bits per heavy atom. The van der Waals surface area contributed by atoms with Crippen LogP contribution < -0.4 is 11.1 Å². The summed E-state index contributed by atoms with van der Waals surface area (Å²) in [5.41, 5.74) is 7.61. The van der Waals surface area contributed by atoms with Crippen LogP contribution in [0.1, 0.15) is 15.9 Å². The van der Waals surface area contributed by atoms with Gasteiger partial charge in [-0.05, 0) is 58.7 Å². The van der Waals surface area contributed by atoms with Gasteiger partial charge in [-0.2, -0.15) is 0 Å². The van der Waals surface area contributed by atoms with E-state index in [0.29, 0.717) is 15.8 Å². The molecular weight excluding hydrogens is 347 g/mol. The first-order chi connectivity index (χ1) is 9.38. The fourth-order valence-corrected chi connectivity index (χ4v) is 2.36. The van der Waals surface area contributed by atoms with Crippen molar-refractivity contribution < 1.29 is 9.18 Å². The summed E-state index contributed by atoms with van der Waals surface area (Å²) in [6.07, 6.45) is 0. The quantitative estimate of drug-likeness (QED) is 0.783. The minimum absolute atomic E-state index is 0.0829. The molecule has 3 N–H and O–H groups in total. The molecule has 0 atom stereocenters. The first-order valence-corrected chi connectivity index (χ1v) is 6.87. The summed E-state index contributed by atoms with van der Waals surface area (Å²) >= 11 is 8.98. The molecule has 0 aliphatic carbocycles. The topological polar surface area (TPSA) is 55.1 Å². The number of amides is 1. The number of anilines is 2. The summed E-state index contributed by atoms with van der Waals surface area (Å²) in [5, 5.41) is 2.84. The van der Waals surface area contributed by atoms with E-state index < -0.39 is 11.7 Å². The van der Waals surface area contributed by atoms with Crippen molar-refractivity contribution >= 4 is 44.8 Å². The second kappa shape index (κ2) is 5.81. The lowest BCUT2D eigenvalue weighted by Crippen LogP contribution is -2.14. The van der Waals surface area contributed by atoms with E-state index in [2.05, 4.69) is 21.2 Å². The van der Waals surface area contributed by atoms with E-state index in [1.807, 2.05) is 6.92 Å². The van der Waals surface area contributed by atoms with Crippen molar-refractivity contribution in [1.29, 1.82) is 0 Å². The monoisotopic (exact) mass is 356 g/mol. The van der Waals surface area contributed by atoms with Gasteiger partial charge in [-0.15, -0.1) is 0 Å². The first-order valence-electron chi connectivity index (χ1n) is 5.70. The molecule has 0 spiro atoms. The van der Waals surface area contributed by atoms with Gasteiger partial charge in [-0.25, -0.2) is 4.39 Å².